The number of hydrogen-bond donors (Lipinski definition) is 2. The summed E-state index contributed by atoms with van der Waals surface area (Å²) in [6, 6.07) is 8.78. The van der Waals surface area contributed by atoms with Gasteiger partial charge in [-0.1, -0.05) is 0 Å². The molecular formula is C15H14Br2N2O2. The molecule has 0 atom stereocenters. The number of aryl methyl sites for hydroxylation is 1. The van der Waals surface area contributed by atoms with Crippen LogP contribution in [0.1, 0.15) is 15.9 Å². The number of carbonyl (C=O) groups is 1. The van der Waals surface area contributed by atoms with E-state index in [1.54, 1.807) is 18.2 Å². The molecule has 2 rings (SSSR count). The Kier molecular flexibility index (Phi) is 4.90. The van der Waals surface area contributed by atoms with E-state index in [0.717, 1.165) is 14.5 Å². The van der Waals surface area contributed by atoms with Crippen molar-refractivity contribution in [1.29, 1.82) is 0 Å². The van der Waals surface area contributed by atoms with Gasteiger partial charge >= 0.3 is 0 Å². The molecule has 110 valence electrons. The van der Waals surface area contributed by atoms with Gasteiger partial charge in [0.15, 0.2) is 0 Å². The minimum atomic E-state index is -0.267. The number of nitrogen functional groups attached to an aromatic ring is 1. The van der Waals surface area contributed by atoms with E-state index in [2.05, 4.69) is 37.2 Å². The van der Waals surface area contributed by atoms with Crippen LogP contribution >= 0.6 is 31.9 Å². The molecule has 6 heteroatoms. The van der Waals surface area contributed by atoms with Crippen LogP contribution in [0.3, 0.4) is 0 Å². The Morgan fingerprint density at radius 2 is 1.81 bits per heavy atom. The van der Waals surface area contributed by atoms with Crippen molar-refractivity contribution in [1.82, 2.24) is 0 Å². The van der Waals surface area contributed by atoms with Crippen molar-refractivity contribution >= 4 is 49.1 Å². The van der Waals surface area contributed by atoms with Gasteiger partial charge in [0.05, 0.1) is 18.4 Å². The predicted molar refractivity (Wildman–Crippen MR) is 91.9 cm³/mol. The van der Waals surface area contributed by atoms with E-state index in [-0.39, 0.29) is 5.91 Å². The van der Waals surface area contributed by atoms with E-state index in [9.17, 15) is 4.79 Å². The van der Waals surface area contributed by atoms with E-state index in [1.165, 1.54) is 7.11 Å². The Balaban J connectivity index is 2.35. The second-order valence-corrected chi connectivity index (χ2v) is 6.23. The normalized spacial score (nSPS) is 10.3. The number of methoxy groups -OCH3 is 1. The quantitative estimate of drug-likeness (QED) is 0.734. The third-order valence-electron chi connectivity index (χ3n) is 2.90. The molecule has 0 aliphatic carbocycles. The smallest absolute Gasteiger partial charge is 0.259 e. The van der Waals surface area contributed by atoms with Gasteiger partial charge in [-0.05, 0) is 68.6 Å². The zero-order valence-electron chi connectivity index (χ0n) is 11.5. The molecule has 0 radical (unpaired) electrons. The van der Waals surface area contributed by atoms with Gasteiger partial charge in [-0.15, -0.1) is 0 Å². The average molecular weight is 414 g/mol. The van der Waals surface area contributed by atoms with Crippen molar-refractivity contribution in [3.63, 3.8) is 0 Å². The molecule has 3 N–H and O–H groups in total. The van der Waals surface area contributed by atoms with Crippen LogP contribution < -0.4 is 15.8 Å². The van der Waals surface area contributed by atoms with E-state index in [1.807, 2.05) is 19.1 Å². The Hall–Kier alpha value is -1.53. The maximum atomic E-state index is 12.4. The molecule has 0 aliphatic heterocycles. The SMILES string of the molecule is COc1cc(N)ccc1C(=O)Nc1c(Br)cc(C)cc1Br. The fraction of sp³-hybridized carbons (Fsp3) is 0.133. The monoisotopic (exact) mass is 412 g/mol. The van der Waals surface area contributed by atoms with E-state index >= 15 is 0 Å². The van der Waals surface area contributed by atoms with Crippen LogP contribution in [-0.4, -0.2) is 13.0 Å². The first-order chi connectivity index (χ1) is 9.92. The minimum Gasteiger partial charge on any atom is -0.496 e. The maximum Gasteiger partial charge on any atom is 0.259 e. The number of nitrogens with one attached hydrogen (secondary N) is 1. The van der Waals surface area contributed by atoms with Gasteiger partial charge in [0.2, 0.25) is 0 Å². The summed E-state index contributed by atoms with van der Waals surface area (Å²) in [6.45, 7) is 1.98. The summed E-state index contributed by atoms with van der Waals surface area (Å²) in [5.41, 5.74) is 8.41. The molecule has 0 unspecified atom stereocenters. The summed E-state index contributed by atoms with van der Waals surface area (Å²) in [4.78, 5) is 12.4. The number of rotatable bonds is 3. The van der Waals surface area contributed by atoms with Crippen molar-refractivity contribution < 1.29 is 9.53 Å². The molecule has 1 amide bonds. The first-order valence-electron chi connectivity index (χ1n) is 6.13. The second-order valence-electron chi connectivity index (χ2n) is 4.52. The number of nitrogens with two attached hydrogens (primary N) is 1. The molecule has 21 heavy (non-hydrogen) atoms. The molecule has 0 spiro atoms. The van der Waals surface area contributed by atoms with Gasteiger partial charge in [-0.25, -0.2) is 0 Å². The predicted octanol–water partition coefficient (Wildman–Crippen LogP) is 4.36. The summed E-state index contributed by atoms with van der Waals surface area (Å²) in [5, 5.41) is 2.86. The largest absolute Gasteiger partial charge is 0.496 e. The fourth-order valence-electron chi connectivity index (χ4n) is 1.90. The first-order valence-corrected chi connectivity index (χ1v) is 7.71. The van der Waals surface area contributed by atoms with Gasteiger partial charge < -0.3 is 15.8 Å². The van der Waals surface area contributed by atoms with E-state index in [4.69, 9.17) is 10.5 Å². The third-order valence-corrected chi connectivity index (χ3v) is 4.15. The lowest BCUT2D eigenvalue weighted by molar-refractivity contribution is 0.102. The molecule has 0 saturated carbocycles. The number of hydrogen-bond acceptors (Lipinski definition) is 3. The number of benzene rings is 2. The van der Waals surface area contributed by atoms with E-state index in [0.29, 0.717) is 22.7 Å². The van der Waals surface area contributed by atoms with Crippen LogP contribution in [0.25, 0.3) is 0 Å². The number of amides is 1. The van der Waals surface area contributed by atoms with E-state index < -0.39 is 0 Å². The molecule has 2 aromatic rings. The summed E-state index contributed by atoms with van der Waals surface area (Å²) in [7, 11) is 1.50. The number of halogens is 2. The van der Waals surface area contributed by atoms with Crippen LogP contribution in [0.15, 0.2) is 39.3 Å². The lowest BCUT2D eigenvalue weighted by Crippen LogP contribution is -2.14. The third kappa shape index (κ3) is 3.57. The molecule has 0 saturated heterocycles. The molecule has 4 nitrogen and oxygen atoms in total. The second kappa shape index (κ2) is 6.49. The molecule has 0 heterocycles. The summed E-state index contributed by atoms with van der Waals surface area (Å²) >= 11 is 6.90. The van der Waals surface area contributed by atoms with Crippen molar-refractivity contribution in [3.8, 4) is 5.75 Å². The van der Waals surface area contributed by atoms with Crippen LogP contribution in [0.4, 0.5) is 11.4 Å². The highest BCUT2D eigenvalue weighted by molar-refractivity contribution is 9.11. The summed E-state index contributed by atoms with van der Waals surface area (Å²) < 4.78 is 6.81. The standard InChI is InChI=1S/C15H14Br2N2O2/c1-8-5-11(16)14(12(17)6-8)19-15(20)10-4-3-9(18)7-13(10)21-2/h3-7H,18H2,1-2H3,(H,19,20). The summed E-state index contributed by atoms with van der Waals surface area (Å²) in [6.07, 6.45) is 0. The van der Waals surface area contributed by atoms with Gasteiger partial charge in [0, 0.05) is 20.7 Å². The fourth-order valence-corrected chi connectivity index (χ4v) is 3.51. The van der Waals surface area contributed by atoms with Crippen molar-refractivity contribution in [2.45, 2.75) is 6.92 Å². The minimum absolute atomic E-state index is 0.267. The Morgan fingerprint density at radius 3 is 2.38 bits per heavy atom. The topological polar surface area (TPSA) is 64.3 Å². The van der Waals surface area contributed by atoms with Gasteiger partial charge in [0.1, 0.15) is 5.75 Å². The highest BCUT2D eigenvalue weighted by Gasteiger charge is 2.15. The van der Waals surface area contributed by atoms with Gasteiger partial charge in [-0.2, -0.15) is 0 Å². The molecule has 0 aromatic heterocycles. The number of carbonyl (C=O) groups excluding carboxylic acids is 1. The number of anilines is 2. The molecular weight excluding hydrogens is 400 g/mol. The zero-order chi connectivity index (χ0) is 15.6. The highest BCUT2D eigenvalue weighted by Crippen LogP contribution is 2.33. The van der Waals surface area contributed by atoms with Crippen molar-refractivity contribution in [3.05, 3.63) is 50.4 Å². The highest BCUT2D eigenvalue weighted by atomic mass is 79.9. The van der Waals surface area contributed by atoms with Crippen molar-refractivity contribution in [2.75, 3.05) is 18.2 Å². The maximum absolute atomic E-state index is 12.4. The van der Waals surface area contributed by atoms with Crippen molar-refractivity contribution in [2.24, 2.45) is 0 Å². The van der Waals surface area contributed by atoms with Crippen LogP contribution in [0, 0.1) is 6.92 Å². The molecule has 0 bridgehead atoms. The molecule has 2 aromatic carbocycles. The Labute approximate surface area is 139 Å². The number of ether oxygens (including phenoxy) is 1. The lowest BCUT2D eigenvalue weighted by Gasteiger charge is -2.13. The molecule has 0 fully saturated rings. The zero-order valence-corrected chi connectivity index (χ0v) is 14.7. The summed E-state index contributed by atoms with van der Waals surface area (Å²) in [5.74, 6) is 0.170. The molecule has 0 aliphatic rings. The van der Waals surface area contributed by atoms with Gasteiger partial charge in [-0.3, -0.25) is 4.79 Å². The Bertz CT molecular complexity index is 679. The van der Waals surface area contributed by atoms with Crippen LogP contribution in [-0.2, 0) is 0 Å². The Morgan fingerprint density at radius 1 is 1.19 bits per heavy atom. The van der Waals surface area contributed by atoms with Crippen LogP contribution in [0.5, 0.6) is 5.75 Å². The average Bonchev–Trinajstić information content (AvgIpc) is 2.42. The lowest BCUT2D eigenvalue weighted by atomic mass is 10.1. The first kappa shape index (κ1) is 15.9. The van der Waals surface area contributed by atoms with Gasteiger partial charge in [0.25, 0.3) is 5.91 Å². The van der Waals surface area contributed by atoms with Crippen LogP contribution in [0.2, 0.25) is 0 Å².